The number of aryl methyl sites for hydroxylation is 1. The van der Waals surface area contributed by atoms with Crippen molar-refractivity contribution >= 4 is 17.3 Å². The van der Waals surface area contributed by atoms with Gasteiger partial charge in [0.05, 0.1) is 10.6 Å². The van der Waals surface area contributed by atoms with Gasteiger partial charge in [0, 0.05) is 18.0 Å². The topological polar surface area (TPSA) is 29.0 Å². The van der Waals surface area contributed by atoms with Crippen LogP contribution >= 0.6 is 11.3 Å². The molecule has 1 aliphatic rings. The molecule has 0 aliphatic carbocycles. The number of anilines is 1. The first kappa shape index (κ1) is 16.2. The molecule has 0 saturated carbocycles. The van der Waals surface area contributed by atoms with E-state index in [1.807, 2.05) is 24.0 Å². The molecule has 1 saturated heterocycles. The molecule has 2 aromatic rings. The van der Waals surface area contributed by atoms with Crippen molar-refractivity contribution in [2.75, 3.05) is 18.0 Å². The van der Waals surface area contributed by atoms with E-state index in [1.165, 1.54) is 11.3 Å². The summed E-state index contributed by atoms with van der Waals surface area (Å²) < 4.78 is 39.6. The zero-order chi connectivity index (χ0) is 16.6. The Morgan fingerprint density at radius 3 is 2.65 bits per heavy atom. The first-order valence-electron chi connectivity index (χ1n) is 7.61. The highest BCUT2D eigenvalue weighted by Crippen LogP contribution is 2.34. The smallest absolute Gasteiger partial charge is 0.341 e. The molecule has 23 heavy (non-hydrogen) atoms. The molecule has 3 nitrogen and oxygen atoms in total. The van der Waals surface area contributed by atoms with Gasteiger partial charge in [-0.3, -0.25) is 0 Å². The average Bonchev–Trinajstić information content (AvgIpc) is 2.92. The Morgan fingerprint density at radius 2 is 2.04 bits per heavy atom. The first-order valence-corrected chi connectivity index (χ1v) is 8.42. The van der Waals surface area contributed by atoms with E-state index in [2.05, 4.69) is 16.9 Å². The fourth-order valence-electron chi connectivity index (χ4n) is 2.79. The van der Waals surface area contributed by atoms with E-state index >= 15 is 0 Å². The van der Waals surface area contributed by atoms with Gasteiger partial charge in [0.1, 0.15) is 0 Å². The van der Waals surface area contributed by atoms with Crippen LogP contribution in [-0.2, 0) is 6.18 Å². The number of piperidine rings is 1. The Bertz CT molecular complexity index is 696. The van der Waals surface area contributed by atoms with Crippen molar-refractivity contribution in [2.24, 2.45) is 5.92 Å². The van der Waals surface area contributed by atoms with Crippen molar-refractivity contribution in [3.8, 4) is 10.6 Å². The van der Waals surface area contributed by atoms with Gasteiger partial charge < -0.3 is 4.90 Å². The van der Waals surface area contributed by atoms with Gasteiger partial charge in [-0.05, 0) is 43.9 Å². The Labute approximate surface area is 137 Å². The molecular weight excluding hydrogens is 323 g/mol. The molecule has 0 aromatic carbocycles. The summed E-state index contributed by atoms with van der Waals surface area (Å²) in [5.74, 6) is 0.627. The zero-order valence-electron chi connectivity index (χ0n) is 13.0. The minimum atomic E-state index is -4.47. The van der Waals surface area contributed by atoms with E-state index in [1.54, 1.807) is 0 Å². The largest absolute Gasteiger partial charge is 0.433 e. The Kier molecular flexibility index (Phi) is 4.31. The monoisotopic (exact) mass is 341 g/mol. The summed E-state index contributed by atoms with van der Waals surface area (Å²) in [5.41, 5.74) is -0.527. The number of aromatic nitrogens is 2. The summed E-state index contributed by atoms with van der Waals surface area (Å²) in [6, 6.07) is 4.74. The molecule has 1 atom stereocenters. The number of rotatable bonds is 2. The van der Waals surface area contributed by atoms with Crippen LogP contribution in [0.5, 0.6) is 0 Å². The van der Waals surface area contributed by atoms with Crippen LogP contribution in [0.1, 0.15) is 30.3 Å². The standard InChI is InChI=1S/C16H18F3N3S/c1-10-4-3-7-22(9-10)15-20-12(13-6-5-11(2)23-13)8-14(21-15)16(17,18)19/h5-6,8,10H,3-4,7,9H2,1-2H3. The van der Waals surface area contributed by atoms with Crippen LogP contribution in [0.3, 0.4) is 0 Å². The molecule has 0 bridgehead atoms. The molecule has 7 heteroatoms. The van der Waals surface area contributed by atoms with E-state index in [0.717, 1.165) is 28.7 Å². The number of halogens is 3. The minimum absolute atomic E-state index is 0.187. The maximum absolute atomic E-state index is 13.2. The fourth-order valence-corrected chi connectivity index (χ4v) is 3.62. The van der Waals surface area contributed by atoms with Crippen LogP contribution in [0.25, 0.3) is 10.6 Å². The predicted molar refractivity (Wildman–Crippen MR) is 85.7 cm³/mol. The summed E-state index contributed by atoms with van der Waals surface area (Å²) in [5, 5.41) is 0. The molecule has 0 radical (unpaired) electrons. The second-order valence-corrected chi connectivity index (χ2v) is 7.33. The Hall–Kier alpha value is -1.63. The highest BCUT2D eigenvalue weighted by Gasteiger charge is 2.34. The second-order valence-electron chi connectivity index (χ2n) is 6.04. The molecule has 3 heterocycles. The van der Waals surface area contributed by atoms with E-state index in [-0.39, 0.29) is 5.95 Å². The summed E-state index contributed by atoms with van der Waals surface area (Å²) in [7, 11) is 0. The van der Waals surface area contributed by atoms with Gasteiger partial charge in [-0.15, -0.1) is 11.3 Å². The number of hydrogen-bond acceptors (Lipinski definition) is 4. The maximum Gasteiger partial charge on any atom is 0.433 e. The zero-order valence-corrected chi connectivity index (χ0v) is 13.8. The quantitative estimate of drug-likeness (QED) is 0.788. The summed E-state index contributed by atoms with van der Waals surface area (Å²) in [6.45, 7) is 5.43. The lowest BCUT2D eigenvalue weighted by Gasteiger charge is -2.31. The van der Waals surface area contributed by atoms with Crippen LogP contribution in [-0.4, -0.2) is 23.1 Å². The third-order valence-electron chi connectivity index (χ3n) is 3.94. The second kappa shape index (κ2) is 6.11. The van der Waals surface area contributed by atoms with E-state index in [9.17, 15) is 13.2 Å². The van der Waals surface area contributed by atoms with Gasteiger partial charge in [-0.25, -0.2) is 9.97 Å². The Morgan fingerprint density at radius 1 is 1.26 bits per heavy atom. The Balaban J connectivity index is 2.04. The first-order chi connectivity index (χ1) is 10.8. The SMILES string of the molecule is Cc1ccc(-c2cc(C(F)(F)F)nc(N3CCCC(C)C3)n2)s1. The van der Waals surface area contributed by atoms with Gasteiger partial charge in [0.15, 0.2) is 5.69 Å². The highest BCUT2D eigenvalue weighted by molar-refractivity contribution is 7.15. The third kappa shape index (κ3) is 3.65. The van der Waals surface area contributed by atoms with Gasteiger partial charge in [-0.2, -0.15) is 13.2 Å². The van der Waals surface area contributed by atoms with E-state index in [4.69, 9.17) is 0 Å². The van der Waals surface area contributed by atoms with Crippen LogP contribution in [0.4, 0.5) is 19.1 Å². The van der Waals surface area contributed by atoms with Gasteiger partial charge in [0.25, 0.3) is 0 Å². The lowest BCUT2D eigenvalue weighted by molar-refractivity contribution is -0.141. The van der Waals surface area contributed by atoms with Crippen molar-refractivity contribution in [2.45, 2.75) is 32.9 Å². The lowest BCUT2D eigenvalue weighted by Crippen LogP contribution is -2.36. The molecule has 1 fully saturated rings. The number of hydrogen-bond donors (Lipinski definition) is 0. The third-order valence-corrected chi connectivity index (χ3v) is 4.96. The number of alkyl halides is 3. The normalized spacial score (nSPS) is 19.2. The number of thiophene rings is 1. The van der Waals surface area contributed by atoms with Crippen molar-refractivity contribution in [1.82, 2.24) is 9.97 Å². The molecule has 0 N–H and O–H groups in total. The maximum atomic E-state index is 13.2. The average molecular weight is 341 g/mol. The summed E-state index contributed by atoms with van der Waals surface area (Å²) >= 11 is 1.44. The number of nitrogens with zero attached hydrogens (tertiary/aromatic N) is 3. The van der Waals surface area contributed by atoms with E-state index in [0.29, 0.717) is 24.7 Å². The van der Waals surface area contributed by atoms with Gasteiger partial charge in [0.2, 0.25) is 5.95 Å². The molecule has 3 rings (SSSR count). The predicted octanol–water partition coefficient (Wildman–Crippen LogP) is 4.77. The van der Waals surface area contributed by atoms with Crippen LogP contribution < -0.4 is 4.90 Å². The van der Waals surface area contributed by atoms with Crippen LogP contribution in [0, 0.1) is 12.8 Å². The van der Waals surface area contributed by atoms with Gasteiger partial charge in [-0.1, -0.05) is 6.92 Å². The molecular formula is C16H18F3N3S. The molecule has 124 valence electrons. The van der Waals surface area contributed by atoms with Crippen LogP contribution in [0.15, 0.2) is 18.2 Å². The van der Waals surface area contributed by atoms with Crippen molar-refractivity contribution in [3.05, 3.63) is 28.8 Å². The molecule has 1 aliphatic heterocycles. The minimum Gasteiger partial charge on any atom is -0.341 e. The van der Waals surface area contributed by atoms with Crippen molar-refractivity contribution in [3.63, 3.8) is 0 Å². The van der Waals surface area contributed by atoms with Crippen molar-refractivity contribution < 1.29 is 13.2 Å². The molecule has 2 aromatic heterocycles. The van der Waals surface area contributed by atoms with E-state index < -0.39 is 11.9 Å². The lowest BCUT2D eigenvalue weighted by atomic mass is 10.0. The molecule has 1 unspecified atom stereocenters. The fraction of sp³-hybridized carbons (Fsp3) is 0.500. The highest BCUT2D eigenvalue weighted by atomic mass is 32.1. The molecule has 0 spiro atoms. The van der Waals surface area contributed by atoms with Crippen LogP contribution in [0.2, 0.25) is 0 Å². The van der Waals surface area contributed by atoms with Gasteiger partial charge >= 0.3 is 6.18 Å². The molecule has 0 amide bonds. The summed E-state index contributed by atoms with van der Waals surface area (Å²) in [6.07, 6.45) is -2.43. The van der Waals surface area contributed by atoms with Crippen molar-refractivity contribution in [1.29, 1.82) is 0 Å². The summed E-state index contributed by atoms with van der Waals surface area (Å²) in [4.78, 5) is 11.9.